The van der Waals surface area contributed by atoms with Gasteiger partial charge in [-0.25, -0.2) is 9.97 Å². The average Bonchev–Trinajstić information content (AvgIpc) is 3.38. The minimum Gasteiger partial charge on any atom is -0.337 e. The van der Waals surface area contributed by atoms with Crippen molar-refractivity contribution in [1.82, 2.24) is 14.5 Å². The maximum Gasteiger partial charge on any atom is 0.260 e. The van der Waals surface area contributed by atoms with Gasteiger partial charge in [-0.3, -0.25) is 9.69 Å². The van der Waals surface area contributed by atoms with E-state index in [0.717, 1.165) is 28.7 Å². The summed E-state index contributed by atoms with van der Waals surface area (Å²) in [7, 11) is 0. The molecule has 1 amide bonds. The molecule has 0 saturated carbocycles. The van der Waals surface area contributed by atoms with E-state index in [1.165, 1.54) is 5.56 Å². The third kappa shape index (κ3) is 4.18. The summed E-state index contributed by atoms with van der Waals surface area (Å²) in [5, 5.41) is 1.26. The van der Waals surface area contributed by atoms with Crippen LogP contribution in [-0.4, -0.2) is 27.0 Å². The first-order chi connectivity index (χ1) is 14.0. The first-order valence-electron chi connectivity index (χ1n) is 9.43. The Morgan fingerprint density at radius 3 is 2.76 bits per heavy atom. The summed E-state index contributed by atoms with van der Waals surface area (Å²) in [6, 6.07) is 11.2. The standard InChI is InChI=1S/C22H21ClN4OS/c1-15-7-8-16(2)20-19(15)25-22(29-20)27(11-4-10-26-12-9-24-14-26)21(28)17-5-3-6-18(23)13-17/h3,5-9,12-14H,4,10-11H2,1-2H3. The summed E-state index contributed by atoms with van der Waals surface area (Å²) in [5.74, 6) is -0.0903. The van der Waals surface area contributed by atoms with Crippen molar-refractivity contribution in [2.24, 2.45) is 0 Å². The fourth-order valence-corrected chi connectivity index (χ4v) is 4.58. The van der Waals surface area contributed by atoms with Crippen LogP contribution in [0.1, 0.15) is 27.9 Å². The Balaban J connectivity index is 1.68. The Bertz CT molecular complexity index is 1110. The summed E-state index contributed by atoms with van der Waals surface area (Å²) in [6.45, 7) is 5.46. The number of amides is 1. The van der Waals surface area contributed by atoms with Gasteiger partial charge in [-0.1, -0.05) is 41.1 Å². The second kappa shape index (κ2) is 8.35. The zero-order valence-corrected chi connectivity index (χ0v) is 17.9. The fraction of sp³-hybridized carbons (Fsp3) is 0.227. The summed E-state index contributed by atoms with van der Waals surface area (Å²) in [4.78, 5) is 24.0. The number of hydrogen-bond donors (Lipinski definition) is 0. The van der Waals surface area contributed by atoms with Crippen LogP contribution in [0.25, 0.3) is 10.2 Å². The molecule has 4 aromatic rings. The lowest BCUT2D eigenvalue weighted by molar-refractivity contribution is 0.0986. The monoisotopic (exact) mass is 424 g/mol. The van der Waals surface area contributed by atoms with Gasteiger partial charge in [0.05, 0.1) is 16.5 Å². The van der Waals surface area contributed by atoms with Crippen LogP contribution in [0.2, 0.25) is 5.02 Å². The summed E-state index contributed by atoms with van der Waals surface area (Å²) in [5.41, 5.74) is 3.81. The molecule has 0 atom stereocenters. The van der Waals surface area contributed by atoms with Gasteiger partial charge in [-0.05, 0) is 49.6 Å². The molecule has 7 heteroatoms. The molecule has 0 radical (unpaired) electrons. The van der Waals surface area contributed by atoms with Crippen molar-refractivity contribution in [3.05, 3.63) is 76.8 Å². The average molecular weight is 425 g/mol. The van der Waals surface area contributed by atoms with Gasteiger partial charge in [0.15, 0.2) is 5.13 Å². The summed E-state index contributed by atoms with van der Waals surface area (Å²) < 4.78 is 3.13. The molecular weight excluding hydrogens is 404 g/mol. The van der Waals surface area contributed by atoms with Crippen molar-refractivity contribution in [3.8, 4) is 0 Å². The third-order valence-corrected chi connectivity index (χ3v) is 6.28. The Morgan fingerprint density at radius 2 is 2.03 bits per heavy atom. The molecule has 0 fully saturated rings. The maximum absolute atomic E-state index is 13.4. The molecule has 29 heavy (non-hydrogen) atoms. The number of carbonyl (C=O) groups excluding carboxylic acids is 1. The zero-order chi connectivity index (χ0) is 20.4. The number of imidazole rings is 1. The zero-order valence-electron chi connectivity index (χ0n) is 16.3. The molecule has 148 valence electrons. The number of thiazole rings is 1. The molecule has 2 aromatic carbocycles. The van der Waals surface area contributed by atoms with E-state index < -0.39 is 0 Å². The normalized spacial score (nSPS) is 11.1. The predicted octanol–water partition coefficient (Wildman–Crippen LogP) is 5.50. The highest BCUT2D eigenvalue weighted by atomic mass is 35.5. The van der Waals surface area contributed by atoms with Crippen LogP contribution in [0.4, 0.5) is 5.13 Å². The predicted molar refractivity (Wildman–Crippen MR) is 119 cm³/mol. The van der Waals surface area contributed by atoms with Crippen LogP contribution in [0.15, 0.2) is 55.1 Å². The molecule has 0 unspecified atom stereocenters. The van der Waals surface area contributed by atoms with Crippen LogP contribution >= 0.6 is 22.9 Å². The highest BCUT2D eigenvalue weighted by molar-refractivity contribution is 7.22. The lowest BCUT2D eigenvalue weighted by Crippen LogP contribution is -2.32. The molecule has 0 saturated heterocycles. The summed E-state index contributed by atoms with van der Waals surface area (Å²) >= 11 is 7.69. The number of nitrogens with zero attached hydrogens (tertiary/aromatic N) is 4. The van der Waals surface area contributed by atoms with Gasteiger partial charge in [0.1, 0.15) is 0 Å². The minimum atomic E-state index is -0.0903. The Kier molecular flexibility index (Phi) is 5.65. The van der Waals surface area contributed by atoms with E-state index in [-0.39, 0.29) is 5.91 Å². The SMILES string of the molecule is Cc1ccc(C)c2sc(N(CCCn3ccnc3)C(=O)c3cccc(Cl)c3)nc12. The Labute approximate surface area is 178 Å². The van der Waals surface area contributed by atoms with E-state index in [1.54, 1.807) is 53.0 Å². The molecule has 2 heterocycles. The van der Waals surface area contributed by atoms with Crippen LogP contribution < -0.4 is 4.90 Å². The van der Waals surface area contributed by atoms with Gasteiger partial charge in [0, 0.05) is 36.1 Å². The topological polar surface area (TPSA) is 51.0 Å². The van der Waals surface area contributed by atoms with Gasteiger partial charge in [0.25, 0.3) is 5.91 Å². The van der Waals surface area contributed by atoms with E-state index >= 15 is 0 Å². The maximum atomic E-state index is 13.4. The van der Waals surface area contributed by atoms with Crippen LogP contribution in [0.3, 0.4) is 0 Å². The number of aryl methyl sites for hydroxylation is 3. The van der Waals surface area contributed by atoms with Crippen molar-refractivity contribution in [2.45, 2.75) is 26.8 Å². The summed E-state index contributed by atoms with van der Waals surface area (Å²) in [6.07, 6.45) is 6.26. The smallest absolute Gasteiger partial charge is 0.260 e. The minimum absolute atomic E-state index is 0.0903. The Morgan fingerprint density at radius 1 is 1.21 bits per heavy atom. The number of hydrogen-bond acceptors (Lipinski definition) is 4. The van der Waals surface area contributed by atoms with Gasteiger partial charge < -0.3 is 4.57 Å². The molecule has 5 nitrogen and oxygen atoms in total. The number of benzene rings is 2. The van der Waals surface area contributed by atoms with Gasteiger partial charge >= 0.3 is 0 Å². The number of carbonyl (C=O) groups is 1. The first-order valence-corrected chi connectivity index (χ1v) is 10.6. The lowest BCUT2D eigenvalue weighted by atomic mass is 10.1. The molecule has 0 aliphatic rings. The first kappa shape index (κ1) is 19.6. The number of anilines is 1. The van der Waals surface area contributed by atoms with Crippen LogP contribution in [-0.2, 0) is 6.54 Å². The van der Waals surface area contributed by atoms with Crippen molar-refractivity contribution in [3.63, 3.8) is 0 Å². The quantitative estimate of drug-likeness (QED) is 0.410. The van der Waals surface area contributed by atoms with E-state index in [4.69, 9.17) is 16.6 Å². The van der Waals surface area contributed by atoms with Crippen molar-refractivity contribution in [1.29, 1.82) is 0 Å². The van der Waals surface area contributed by atoms with E-state index in [9.17, 15) is 4.79 Å². The molecule has 0 aliphatic carbocycles. The molecule has 4 rings (SSSR count). The van der Waals surface area contributed by atoms with Gasteiger partial charge in [-0.2, -0.15) is 0 Å². The van der Waals surface area contributed by atoms with Crippen LogP contribution in [0, 0.1) is 13.8 Å². The molecule has 0 N–H and O–H groups in total. The number of aromatic nitrogens is 3. The molecule has 0 aliphatic heterocycles. The largest absolute Gasteiger partial charge is 0.337 e. The highest BCUT2D eigenvalue weighted by Gasteiger charge is 2.22. The number of rotatable bonds is 6. The van der Waals surface area contributed by atoms with Crippen molar-refractivity contribution >= 4 is 44.2 Å². The molecule has 2 aromatic heterocycles. The van der Waals surface area contributed by atoms with E-state index in [2.05, 4.69) is 24.0 Å². The Hall–Kier alpha value is -2.70. The molecule has 0 bridgehead atoms. The van der Waals surface area contributed by atoms with Crippen LogP contribution in [0.5, 0.6) is 0 Å². The van der Waals surface area contributed by atoms with Crippen molar-refractivity contribution in [2.75, 3.05) is 11.4 Å². The number of fused-ring (bicyclic) bond motifs is 1. The van der Waals surface area contributed by atoms with Gasteiger partial charge in [0.2, 0.25) is 0 Å². The highest BCUT2D eigenvalue weighted by Crippen LogP contribution is 2.34. The molecule has 0 spiro atoms. The van der Waals surface area contributed by atoms with E-state index in [1.807, 2.05) is 17.7 Å². The lowest BCUT2D eigenvalue weighted by Gasteiger charge is -2.20. The van der Waals surface area contributed by atoms with E-state index in [0.29, 0.717) is 22.3 Å². The second-order valence-electron chi connectivity index (χ2n) is 6.99. The third-order valence-electron chi connectivity index (χ3n) is 4.84. The molecular formula is C22H21ClN4OS. The van der Waals surface area contributed by atoms with Crippen molar-refractivity contribution < 1.29 is 4.79 Å². The second-order valence-corrected chi connectivity index (χ2v) is 8.41. The van der Waals surface area contributed by atoms with Gasteiger partial charge in [-0.15, -0.1) is 0 Å². The fourth-order valence-electron chi connectivity index (χ4n) is 3.26. The number of halogens is 1.